The van der Waals surface area contributed by atoms with Gasteiger partial charge in [0.15, 0.2) is 0 Å². The number of allylic oxidation sites excluding steroid dienone is 2. The first-order valence-corrected chi connectivity index (χ1v) is 2.34. The van der Waals surface area contributed by atoms with Crippen LogP contribution in [0.5, 0.6) is 0 Å². The van der Waals surface area contributed by atoms with Gasteiger partial charge in [0, 0.05) is 19.3 Å². The largest absolute Gasteiger partial charge is 0.368 e. The third kappa shape index (κ3) is 0.932. The van der Waals surface area contributed by atoms with Crippen LogP contribution in [0.4, 0.5) is 0 Å². The zero-order valence-electron chi connectivity index (χ0n) is 4.66. The van der Waals surface area contributed by atoms with Crippen LogP contribution >= 0.6 is 0 Å². The van der Waals surface area contributed by atoms with E-state index in [9.17, 15) is 0 Å². The highest BCUT2D eigenvalue weighted by Crippen LogP contribution is 1.99. The molecule has 0 atom stereocenters. The van der Waals surface area contributed by atoms with E-state index in [0.717, 1.165) is 0 Å². The number of hydrogen-bond acceptors (Lipinski definition) is 3. The van der Waals surface area contributed by atoms with Crippen molar-refractivity contribution in [2.24, 2.45) is 5.73 Å². The molecular weight excluding hydrogens is 104 g/mol. The topological polar surface area (TPSA) is 38.5 Å². The van der Waals surface area contributed by atoms with Gasteiger partial charge >= 0.3 is 0 Å². The lowest BCUT2D eigenvalue weighted by Gasteiger charge is -2.16. The molecule has 0 aliphatic carbocycles. The van der Waals surface area contributed by atoms with Crippen LogP contribution in [0, 0.1) is 0 Å². The Bertz CT molecular complexity index is 139. The van der Waals surface area contributed by atoms with Crippen LogP contribution in [0.25, 0.3) is 0 Å². The molecule has 0 spiro atoms. The van der Waals surface area contributed by atoms with E-state index in [-0.39, 0.29) is 0 Å². The molecule has 0 aromatic carbocycles. The summed E-state index contributed by atoms with van der Waals surface area (Å²) in [5, 5.41) is 1.54. The molecule has 0 aromatic heterocycles. The zero-order chi connectivity index (χ0) is 5.98. The summed E-state index contributed by atoms with van der Waals surface area (Å²) in [6.07, 6.45) is 5.29. The van der Waals surface area contributed by atoms with Gasteiger partial charge in [-0.15, -0.1) is 0 Å². The minimum Gasteiger partial charge on any atom is -0.368 e. The molecule has 0 radical (unpaired) electrons. The molecule has 0 aromatic rings. The van der Waals surface area contributed by atoms with E-state index in [1.54, 1.807) is 19.3 Å². The second-order valence-electron chi connectivity index (χ2n) is 1.55. The number of nitrogens with zero attached hydrogens (tertiary/aromatic N) is 1. The van der Waals surface area contributed by atoms with Gasteiger partial charge in [0.1, 0.15) is 0 Å². The number of nitrogens with two attached hydrogens (primary N) is 1. The fraction of sp³-hybridized carbons (Fsp3) is 0.200. The van der Waals surface area contributed by atoms with Crippen LogP contribution in [0.15, 0.2) is 24.2 Å². The van der Waals surface area contributed by atoms with Crippen molar-refractivity contribution < 1.29 is 4.84 Å². The van der Waals surface area contributed by atoms with E-state index in [1.165, 1.54) is 5.06 Å². The van der Waals surface area contributed by atoms with Crippen molar-refractivity contribution in [1.82, 2.24) is 5.06 Å². The van der Waals surface area contributed by atoms with Crippen molar-refractivity contribution in [3.8, 4) is 0 Å². The molecule has 2 N–H and O–H groups in total. The summed E-state index contributed by atoms with van der Waals surface area (Å²) in [7, 11) is 1.77. The van der Waals surface area contributed by atoms with Crippen molar-refractivity contribution in [3.05, 3.63) is 24.2 Å². The van der Waals surface area contributed by atoms with Gasteiger partial charge in [0.25, 0.3) is 0 Å². The molecule has 0 unspecified atom stereocenters. The molecule has 0 saturated heterocycles. The van der Waals surface area contributed by atoms with E-state index in [2.05, 4.69) is 0 Å². The molecule has 3 heteroatoms. The Morgan fingerprint density at radius 2 is 2.50 bits per heavy atom. The molecule has 0 saturated carbocycles. The van der Waals surface area contributed by atoms with Crippen molar-refractivity contribution in [3.63, 3.8) is 0 Å². The molecule has 1 rings (SSSR count). The summed E-state index contributed by atoms with van der Waals surface area (Å²) in [5.74, 6) is 0.426. The quantitative estimate of drug-likeness (QED) is 0.485. The Morgan fingerprint density at radius 1 is 1.75 bits per heavy atom. The third-order valence-electron chi connectivity index (χ3n) is 0.806. The lowest BCUT2D eigenvalue weighted by Crippen LogP contribution is -2.17. The van der Waals surface area contributed by atoms with Gasteiger partial charge in [-0.25, -0.2) is 5.06 Å². The first-order chi connectivity index (χ1) is 3.79. The van der Waals surface area contributed by atoms with Crippen LogP contribution in [-0.4, -0.2) is 12.1 Å². The second kappa shape index (κ2) is 1.78. The Hall–Kier alpha value is -1.12. The van der Waals surface area contributed by atoms with Crippen molar-refractivity contribution in [2.75, 3.05) is 7.05 Å². The highest BCUT2D eigenvalue weighted by atomic mass is 16.7. The second-order valence-corrected chi connectivity index (χ2v) is 1.55. The van der Waals surface area contributed by atoms with Crippen molar-refractivity contribution in [2.45, 2.75) is 0 Å². The van der Waals surface area contributed by atoms with Gasteiger partial charge in [-0.1, -0.05) is 0 Å². The van der Waals surface area contributed by atoms with E-state index >= 15 is 0 Å². The average Bonchev–Trinajstić information content (AvgIpc) is 1.64. The standard InChI is InChI=1S/C5H8N2O/c1-7-4-2-3-5(6)8-7/h2-4H,6H2,1H3. The number of hydroxylamine groups is 2. The summed E-state index contributed by atoms with van der Waals surface area (Å²) < 4.78 is 0. The first-order valence-electron chi connectivity index (χ1n) is 2.34. The van der Waals surface area contributed by atoms with E-state index in [0.29, 0.717) is 5.88 Å². The predicted octanol–water partition coefficient (Wildman–Crippen LogP) is 0.177. The fourth-order valence-corrected chi connectivity index (χ4v) is 0.486. The smallest absolute Gasteiger partial charge is 0.217 e. The van der Waals surface area contributed by atoms with Gasteiger partial charge in [-0.05, 0) is 6.08 Å². The maximum atomic E-state index is 5.27. The third-order valence-corrected chi connectivity index (χ3v) is 0.806. The summed E-state index contributed by atoms with van der Waals surface area (Å²) >= 11 is 0. The van der Waals surface area contributed by atoms with Gasteiger partial charge in [-0.2, -0.15) is 0 Å². The van der Waals surface area contributed by atoms with E-state index in [4.69, 9.17) is 10.6 Å². The first kappa shape index (κ1) is 5.03. The van der Waals surface area contributed by atoms with Crippen LogP contribution in [0.3, 0.4) is 0 Å². The molecule has 1 aliphatic heterocycles. The van der Waals surface area contributed by atoms with Crippen LogP contribution < -0.4 is 5.73 Å². The van der Waals surface area contributed by atoms with E-state index in [1.807, 2.05) is 6.08 Å². The van der Waals surface area contributed by atoms with Gasteiger partial charge in [-0.3, -0.25) is 0 Å². The van der Waals surface area contributed by atoms with Crippen LogP contribution in [0.1, 0.15) is 0 Å². The van der Waals surface area contributed by atoms with Crippen LogP contribution in [-0.2, 0) is 4.84 Å². The molecule has 0 bridgehead atoms. The van der Waals surface area contributed by atoms with E-state index < -0.39 is 0 Å². The van der Waals surface area contributed by atoms with Crippen LogP contribution in [0.2, 0.25) is 0 Å². The summed E-state index contributed by atoms with van der Waals surface area (Å²) in [6.45, 7) is 0. The predicted molar refractivity (Wildman–Crippen MR) is 30.3 cm³/mol. The summed E-state index contributed by atoms with van der Waals surface area (Å²) in [4.78, 5) is 4.87. The fourth-order valence-electron chi connectivity index (χ4n) is 0.486. The van der Waals surface area contributed by atoms with Gasteiger partial charge < -0.3 is 10.6 Å². The van der Waals surface area contributed by atoms with Crippen molar-refractivity contribution >= 4 is 0 Å². The Morgan fingerprint density at radius 3 is 2.88 bits per heavy atom. The molecule has 0 fully saturated rings. The monoisotopic (exact) mass is 112 g/mol. The minimum absolute atomic E-state index is 0.426. The maximum Gasteiger partial charge on any atom is 0.217 e. The lowest BCUT2D eigenvalue weighted by atomic mass is 10.5. The summed E-state index contributed by atoms with van der Waals surface area (Å²) in [6, 6.07) is 0. The Labute approximate surface area is 48.0 Å². The highest BCUT2D eigenvalue weighted by molar-refractivity contribution is 5.06. The Kier molecular flexibility index (Phi) is 1.12. The minimum atomic E-state index is 0.426. The Balaban J connectivity index is 2.59. The SMILES string of the molecule is CN1C=CC=C(N)O1. The molecule has 44 valence electrons. The lowest BCUT2D eigenvalue weighted by molar-refractivity contribution is -0.0567. The molecular formula is C5H8N2O. The highest BCUT2D eigenvalue weighted by Gasteiger charge is 1.96. The molecule has 1 heterocycles. The number of hydrogen-bond donors (Lipinski definition) is 1. The molecule has 3 nitrogen and oxygen atoms in total. The maximum absolute atomic E-state index is 5.27. The molecule has 8 heavy (non-hydrogen) atoms. The van der Waals surface area contributed by atoms with Crippen molar-refractivity contribution in [1.29, 1.82) is 0 Å². The normalized spacial score (nSPS) is 17.6. The van der Waals surface area contributed by atoms with Gasteiger partial charge in [0.2, 0.25) is 5.88 Å². The molecule has 0 amide bonds. The molecule has 1 aliphatic rings. The zero-order valence-corrected chi connectivity index (χ0v) is 4.66. The summed E-state index contributed by atoms with van der Waals surface area (Å²) in [5.41, 5.74) is 5.27. The van der Waals surface area contributed by atoms with Gasteiger partial charge in [0.05, 0.1) is 0 Å². The number of rotatable bonds is 0. The average molecular weight is 112 g/mol.